The van der Waals surface area contributed by atoms with Gasteiger partial charge in [-0.1, -0.05) is 76.1 Å². The molecule has 0 aliphatic heterocycles. The van der Waals surface area contributed by atoms with Gasteiger partial charge in [-0.3, -0.25) is 0 Å². The molecular weight excluding hydrogens is 396 g/mol. The summed E-state index contributed by atoms with van der Waals surface area (Å²) in [4.78, 5) is 8.90. The van der Waals surface area contributed by atoms with E-state index in [0.717, 1.165) is 35.0 Å². The molecule has 2 aromatic carbocycles. The molecule has 0 saturated heterocycles. The summed E-state index contributed by atoms with van der Waals surface area (Å²) in [6.07, 6.45) is 6.84. The van der Waals surface area contributed by atoms with E-state index in [4.69, 9.17) is 11.6 Å². The van der Waals surface area contributed by atoms with E-state index < -0.39 is 0 Å². The van der Waals surface area contributed by atoms with Crippen LogP contribution in [0.25, 0.3) is 12.2 Å². The summed E-state index contributed by atoms with van der Waals surface area (Å²) >= 11 is 9.59. The Bertz CT molecular complexity index is 846. The lowest BCUT2D eigenvalue weighted by Gasteiger charge is -2.04. The second kappa shape index (κ2) is 8.93. The third-order valence-corrected chi connectivity index (χ3v) is 4.52. The summed E-state index contributed by atoms with van der Waals surface area (Å²) in [7, 11) is 0. The molecule has 0 fully saturated rings. The molecule has 0 N–H and O–H groups in total. The number of hydrogen-bond donors (Lipinski definition) is 0. The molecule has 0 unspecified atom stereocenters. The molecule has 0 spiro atoms. The van der Waals surface area contributed by atoms with Crippen molar-refractivity contribution in [1.82, 2.24) is 9.97 Å². The molecule has 3 rings (SSSR count). The van der Waals surface area contributed by atoms with Crippen LogP contribution in [0.5, 0.6) is 0 Å². The summed E-state index contributed by atoms with van der Waals surface area (Å²) in [5.41, 5.74) is 3.42. The molecular formula is C21H18BrClN2. The first-order chi connectivity index (χ1) is 12.2. The van der Waals surface area contributed by atoms with Crippen molar-refractivity contribution >= 4 is 39.7 Å². The monoisotopic (exact) mass is 412 g/mol. The van der Waals surface area contributed by atoms with Gasteiger partial charge in [0.25, 0.3) is 0 Å². The number of rotatable bonds is 6. The number of nitrogens with zero attached hydrogens (tertiary/aromatic N) is 2. The maximum absolute atomic E-state index is 6.16. The highest BCUT2D eigenvalue weighted by molar-refractivity contribution is 9.10. The smallest absolute Gasteiger partial charge is 0.153 e. The Morgan fingerprint density at radius 1 is 0.880 bits per heavy atom. The lowest BCUT2D eigenvalue weighted by atomic mass is 10.1. The first-order valence-electron chi connectivity index (χ1n) is 8.20. The molecule has 126 valence electrons. The third-order valence-electron chi connectivity index (χ3n) is 3.80. The fraction of sp³-hybridized carbons (Fsp3) is 0.143. The lowest BCUT2D eigenvalue weighted by molar-refractivity contribution is 0.793. The Hall–Kier alpha value is -1.97. The Morgan fingerprint density at radius 2 is 1.64 bits per heavy atom. The van der Waals surface area contributed by atoms with E-state index in [2.05, 4.69) is 50.2 Å². The van der Waals surface area contributed by atoms with Gasteiger partial charge in [-0.2, -0.15) is 0 Å². The summed E-state index contributed by atoms with van der Waals surface area (Å²) in [5, 5.41) is 0.486. The van der Waals surface area contributed by atoms with Crippen molar-refractivity contribution in [2.75, 3.05) is 0 Å². The zero-order chi connectivity index (χ0) is 17.5. The molecule has 4 heteroatoms. The normalized spacial score (nSPS) is 11.1. The molecule has 25 heavy (non-hydrogen) atoms. The largest absolute Gasteiger partial charge is 0.234 e. The molecule has 0 aliphatic carbocycles. The molecule has 0 amide bonds. The first-order valence-corrected chi connectivity index (χ1v) is 9.37. The van der Waals surface area contributed by atoms with Crippen LogP contribution in [-0.4, -0.2) is 9.97 Å². The number of halogens is 2. The second-order valence-corrected chi connectivity index (χ2v) is 7.07. The Morgan fingerprint density at radius 3 is 2.40 bits per heavy atom. The van der Waals surface area contributed by atoms with Crippen molar-refractivity contribution in [3.05, 3.63) is 92.9 Å². The van der Waals surface area contributed by atoms with Gasteiger partial charge in [0.05, 0.1) is 0 Å². The standard InChI is InChI=1S/C21H18BrClN2/c22-18-12-9-17(10-13-18)11-14-21-24-19(15-20(23)25-21)8-4-7-16-5-2-1-3-6-16/h1-3,5-6,9-15H,4,7-8H2. The van der Waals surface area contributed by atoms with Crippen LogP contribution in [0.4, 0.5) is 0 Å². The number of aryl methyl sites for hydroxylation is 2. The molecule has 1 heterocycles. The van der Waals surface area contributed by atoms with Crippen LogP contribution in [0.3, 0.4) is 0 Å². The van der Waals surface area contributed by atoms with E-state index in [1.807, 2.05) is 48.6 Å². The topological polar surface area (TPSA) is 25.8 Å². The van der Waals surface area contributed by atoms with E-state index in [-0.39, 0.29) is 0 Å². The minimum Gasteiger partial charge on any atom is -0.234 e. The highest BCUT2D eigenvalue weighted by atomic mass is 79.9. The highest BCUT2D eigenvalue weighted by Crippen LogP contribution is 2.15. The van der Waals surface area contributed by atoms with Gasteiger partial charge in [0.1, 0.15) is 5.15 Å². The van der Waals surface area contributed by atoms with Crippen LogP contribution in [0.1, 0.15) is 29.1 Å². The highest BCUT2D eigenvalue weighted by Gasteiger charge is 2.02. The van der Waals surface area contributed by atoms with E-state index in [9.17, 15) is 0 Å². The van der Waals surface area contributed by atoms with Crippen molar-refractivity contribution in [3.63, 3.8) is 0 Å². The van der Waals surface area contributed by atoms with Gasteiger partial charge in [-0.05, 0) is 54.7 Å². The maximum Gasteiger partial charge on any atom is 0.153 e. The van der Waals surface area contributed by atoms with Gasteiger partial charge in [0.15, 0.2) is 5.82 Å². The number of hydrogen-bond acceptors (Lipinski definition) is 2. The predicted molar refractivity (Wildman–Crippen MR) is 109 cm³/mol. The molecule has 0 aliphatic rings. The van der Waals surface area contributed by atoms with Crippen LogP contribution in [0.2, 0.25) is 5.15 Å². The molecule has 0 radical (unpaired) electrons. The van der Waals surface area contributed by atoms with Gasteiger partial charge >= 0.3 is 0 Å². The molecule has 1 aromatic heterocycles. The predicted octanol–water partition coefficient (Wildman–Crippen LogP) is 6.24. The second-order valence-electron chi connectivity index (χ2n) is 5.76. The van der Waals surface area contributed by atoms with Crippen molar-refractivity contribution in [1.29, 1.82) is 0 Å². The summed E-state index contributed by atoms with van der Waals surface area (Å²) in [6, 6.07) is 20.4. The van der Waals surface area contributed by atoms with Crippen molar-refractivity contribution in [2.24, 2.45) is 0 Å². The van der Waals surface area contributed by atoms with Gasteiger partial charge in [0.2, 0.25) is 0 Å². The first kappa shape index (κ1) is 17.8. The van der Waals surface area contributed by atoms with E-state index >= 15 is 0 Å². The summed E-state index contributed by atoms with van der Waals surface area (Å²) < 4.78 is 1.06. The summed E-state index contributed by atoms with van der Waals surface area (Å²) in [5.74, 6) is 0.644. The van der Waals surface area contributed by atoms with Gasteiger partial charge in [-0.25, -0.2) is 9.97 Å². The van der Waals surface area contributed by atoms with Crippen molar-refractivity contribution < 1.29 is 0 Å². The van der Waals surface area contributed by atoms with E-state index in [1.54, 1.807) is 0 Å². The van der Waals surface area contributed by atoms with Crippen LogP contribution in [0, 0.1) is 0 Å². The molecule has 0 atom stereocenters. The molecule has 0 bridgehead atoms. The fourth-order valence-corrected chi connectivity index (χ4v) is 3.03. The van der Waals surface area contributed by atoms with Gasteiger partial charge in [0, 0.05) is 10.2 Å². The zero-order valence-electron chi connectivity index (χ0n) is 13.7. The van der Waals surface area contributed by atoms with Crippen LogP contribution in [-0.2, 0) is 12.8 Å². The summed E-state index contributed by atoms with van der Waals surface area (Å²) in [6.45, 7) is 0. The Labute approximate surface area is 161 Å². The SMILES string of the molecule is Clc1cc(CCCc2ccccc2)nc(C=Cc2ccc(Br)cc2)n1. The Kier molecular flexibility index (Phi) is 6.37. The lowest BCUT2D eigenvalue weighted by Crippen LogP contribution is -1.97. The average Bonchev–Trinajstić information content (AvgIpc) is 2.62. The van der Waals surface area contributed by atoms with Crippen LogP contribution in [0.15, 0.2) is 65.1 Å². The average molecular weight is 414 g/mol. The number of aromatic nitrogens is 2. The quantitative estimate of drug-likeness (QED) is 0.447. The van der Waals surface area contributed by atoms with Gasteiger partial charge < -0.3 is 0 Å². The maximum atomic E-state index is 6.16. The van der Waals surface area contributed by atoms with Crippen LogP contribution >= 0.6 is 27.5 Å². The molecule has 0 saturated carbocycles. The van der Waals surface area contributed by atoms with Crippen molar-refractivity contribution in [3.8, 4) is 0 Å². The van der Waals surface area contributed by atoms with Crippen LogP contribution < -0.4 is 0 Å². The van der Waals surface area contributed by atoms with Gasteiger partial charge in [-0.15, -0.1) is 0 Å². The fourth-order valence-electron chi connectivity index (χ4n) is 2.55. The molecule has 2 nitrogen and oxygen atoms in total. The third kappa shape index (κ3) is 5.80. The van der Waals surface area contributed by atoms with E-state index in [1.165, 1.54) is 5.56 Å². The minimum absolute atomic E-state index is 0.486. The van der Waals surface area contributed by atoms with Crippen molar-refractivity contribution in [2.45, 2.75) is 19.3 Å². The number of benzene rings is 2. The Balaban J connectivity index is 1.64. The zero-order valence-corrected chi connectivity index (χ0v) is 16.0. The minimum atomic E-state index is 0.486. The molecule has 3 aromatic rings. The van der Waals surface area contributed by atoms with E-state index in [0.29, 0.717) is 11.0 Å².